The van der Waals surface area contributed by atoms with Crippen LogP contribution in [0.15, 0.2) is 42.5 Å². The summed E-state index contributed by atoms with van der Waals surface area (Å²) in [5, 5.41) is 3.62. The van der Waals surface area contributed by atoms with Crippen LogP contribution in [-0.2, 0) is 16.1 Å². The molecule has 7 heteroatoms. The first kappa shape index (κ1) is 25.5. The molecule has 0 saturated carbocycles. The number of hydrogen-bond donors (Lipinski definition) is 1. The number of methoxy groups -OCH3 is 1. The summed E-state index contributed by atoms with van der Waals surface area (Å²) in [7, 11) is 1.59. The summed E-state index contributed by atoms with van der Waals surface area (Å²) < 4.78 is 11.0. The third kappa shape index (κ3) is 7.45. The van der Waals surface area contributed by atoms with E-state index in [0.717, 1.165) is 11.1 Å². The molecule has 32 heavy (non-hydrogen) atoms. The van der Waals surface area contributed by atoms with Gasteiger partial charge in [-0.3, -0.25) is 9.59 Å². The molecule has 0 unspecified atom stereocenters. The highest BCUT2D eigenvalue weighted by Crippen LogP contribution is 2.22. The molecule has 0 aliphatic rings. The third-order valence-corrected chi connectivity index (χ3v) is 5.29. The highest BCUT2D eigenvalue weighted by atomic mass is 35.5. The Labute approximate surface area is 195 Å². The second-order valence-corrected chi connectivity index (χ2v) is 9.14. The molecule has 0 radical (unpaired) electrons. The van der Waals surface area contributed by atoms with Gasteiger partial charge in [0.05, 0.1) is 7.11 Å². The number of hydrogen-bond acceptors (Lipinski definition) is 4. The molecule has 0 spiro atoms. The molecule has 2 aromatic carbocycles. The lowest BCUT2D eigenvalue weighted by Gasteiger charge is -2.33. The lowest BCUT2D eigenvalue weighted by molar-refractivity contribution is -0.143. The predicted molar refractivity (Wildman–Crippen MR) is 127 cm³/mol. The van der Waals surface area contributed by atoms with E-state index >= 15 is 0 Å². The topological polar surface area (TPSA) is 67.9 Å². The third-order valence-electron chi connectivity index (χ3n) is 4.86. The number of nitrogens with zero attached hydrogens (tertiary/aromatic N) is 1. The number of carbonyl (C=O) groups excluding carboxylic acids is 2. The molecule has 0 aliphatic heterocycles. The van der Waals surface area contributed by atoms with Gasteiger partial charge in [0.15, 0.2) is 6.61 Å². The molecule has 2 rings (SSSR count). The fourth-order valence-electron chi connectivity index (χ4n) is 3.27. The van der Waals surface area contributed by atoms with E-state index in [4.69, 9.17) is 21.1 Å². The Balaban J connectivity index is 2.26. The Bertz CT molecular complexity index is 940. The minimum atomic E-state index is -0.636. The monoisotopic (exact) mass is 460 g/mol. The van der Waals surface area contributed by atoms with Gasteiger partial charge in [-0.15, -0.1) is 0 Å². The number of aryl methyl sites for hydroxylation is 1. The molecule has 6 nitrogen and oxygen atoms in total. The largest absolute Gasteiger partial charge is 0.497 e. The number of halogens is 1. The second-order valence-electron chi connectivity index (χ2n) is 8.74. The summed E-state index contributed by atoms with van der Waals surface area (Å²) in [6, 6.07) is 12.1. The van der Waals surface area contributed by atoms with E-state index in [1.807, 2.05) is 58.9 Å². The van der Waals surface area contributed by atoms with Crippen LogP contribution in [0.1, 0.15) is 45.2 Å². The molecule has 0 aromatic heterocycles. The van der Waals surface area contributed by atoms with E-state index in [-0.39, 0.29) is 25.0 Å². The zero-order valence-corrected chi connectivity index (χ0v) is 20.5. The van der Waals surface area contributed by atoms with Crippen molar-refractivity contribution in [1.29, 1.82) is 0 Å². The van der Waals surface area contributed by atoms with Gasteiger partial charge in [-0.1, -0.05) is 30.7 Å². The van der Waals surface area contributed by atoms with Crippen molar-refractivity contribution in [1.82, 2.24) is 10.2 Å². The van der Waals surface area contributed by atoms with Crippen molar-refractivity contribution in [3.63, 3.8) is 0 Å². The van der Waals surface area contributed by atoms with Crippen LogP contribution in [0, 0.1) is 6.92 Å². The second kappa shape index (κ2) is 11.2. The Hall–Kier alpha value is -2.73. The molecular weight excluding hydrogens is 428 g/mol. The molecule has 1 N–H and O–H groups in total. The minimum absolute atomic E-state index is 0.190. The maximum Gasteiger partial charge on any atom is 0.261 e. The van der Waals surface area contributed by atoms with E-state index in [9.17, 15) is 9.59 Å². The van der Waals surface area contributed by atoms with Crippen molar-refractivity contribution in [3.05, 3.63) is 58.6 Å². The van der Waals surface area contributed by atoms with Crippen LogP contribution in [0.5, 0.6) is 11.5 Å². The van der Waals surface area contributed by atoms with Crippen LogP contribution in [0.2, 0.25) is 5.02 Å². The lowest BCUT2D eigenvalue weighted by Crippen LogP contribution is -2.54. The van der Waals surface area contributed by atoms with Crippen molar-refractivity contribution < 1.29 is 19.1 Å². The molecule has 2 amide bonds. The normalized spacial score (nSPS) is 12.1. The van der Waals surface area contributed by atoms with Gasteiger partial charge < -0.3 is 19.7 Å². The molecule has 0 bridgehead atoms. The average molecular weight is 461 g/mol. The molecule has 1 atom stereocenters. The number of ether oxygens (including phenoxy) is 2. The van der Waals surface area contributed by atoms with Crippen LogP contribution < -0.4 is 14.8 Å². The number of carbonyl (C=O) groups is 2. The molecule has 2 aromatic rings. The van der Waals surface area contributed by atoms with Crippen molar-refractivity contribution in [2.45, 2.75) is 59.2 Å². The van der Waals surface area contributed by atoms with Gasteiger partial charge in [-0.05, 0) is 75.6 Å². The van der Waals surface area contributed by atoms with E-state index < -0.39 is 11.6 Å². The Morgan fingerprint density at radius 1 is 1.12 bits per heavy atom. The SMILES string of the molecule is CC[C@H](C(=O)NC(C)(C)C)N(Cc1cccc(OC)c1)C(=O)COc1ccc(Cl)c(C)c1. The maximum absolute atomic E-state index is 13.3. The Kier molecular flexibility index (Phi) is 8.96. The summed E-state index contributed by atoms with van der Waals surface area (Å²) in [6.07, 6.45) is 0.470. The van der Waals surface area contributed by atoms with Crippen LogP contribution in [0.25, 0.3) is 0 Å². The van der Waals surface area contributed by atoms with Crippen LogP contribution in [0.4, 0.5) is 0 Å². The van der Waals surface area contributed by atoms with Gasteiger partial charge in [0.25, 0.3) is 5.91 Å². The summed E-state index contributed by atoms with van der Waals surface area (Å²) >= 11 is 6.07. The Morgan fingerprint density at radius 3 is 2.44 bits per heavy atom. The first-order chi connectivity index (χ1) is 15.0. The van der Waals surface area contributed by atoms with Gasteiger partial charge in [0.2, 0.25) is 5.91 Å². The molecule has 0 aliphatic carbocycles. The van der Waals surface area contributed by atoms with E-state index in [0.29, 0.717) is 22.9 Å². The highest BCUT2D eigenvalue weighted by molar-refractivity contribution is 6.31. The van der Waals surface area contributed by atoms with E-state index in [1.165, 1.54) is 0 Å². The molecule has 0 saturated heterocycles. The first-order valence-corrected chi connectivity index (χ1v) is 11.0. The standard InChI is InChI=1S/C25H33ClN2O4/c1-7-22(24(30)27-25(3,4)5)28(15-18-9-8-10-19(14-18)31-6)23(29)16-32-20-11-12-21(26)17(2)13-20/h8-14,22H,7,15-16H2,1-6H3,(H,27,30)/t22-/m1/s1. The van der Waals surface area contributed by atoms with Crippen molar-refractivity contribution >= 4 is 23.4 Å². The summed E-state index contributed by atoms with van der Waals surface area (Å²) in [5.41, 5.74) is 1.31. The summed E-state index contributed by atoms with van der Waals surface area (Å²) in [5.74, 6) is 0.763. The van der Waals surface area contributed by atoms with Crippen LogP contribution in [0.3, 0.4) is 0 Å². The van der Waals surface area contributed by atoms with Gasteiger partial charge >= 0.3 is 0 Å². The minimum Gasteiger partial charge on any atom is -0.497 e. The van der Waals surface area contributed by atoms with Crippen molar-refractivity contribution in [2.75, 3.05) is 13.7 Å². The molecule has 174 valence electrons. The lowest BCUT2D eigenvalue weighted by atomic mass is 10.1. The van der Waals surface area contributed by atoms with Crippen LogP contribution >= 0.6 is 11.6 Å². The average Bonchev–Trinajstić information content (AvgIpc) is 2.73. The number of benzene rings is 2. The van der Waals surface area contributed by atoms with Crippen molar-refractivity contribution in [3.8, 4) is 11.5 Å². The summed E-state index contributed by atoms with van der Waals surface area (Å²) in [4.78, 5) is 27.8. The molecule has 0 heterocycles. The van der Waals surface area contributed by atoms with Gasteiger partial charge in [-0.2, -0.15) is 0 Å². The zero-order valence-electron chi connectivity index (χ0n) is 19.7. The molecular formula is C25H33ClN2O4. The first-order valence-electron chi connectivity index (χ1n) is 10.7. The number of nitrogens with one attached hydrogen (secondary N) is 1. The van der Waals surface area contributed by atoms with Gasteiger partial charge in [-0.25, -0.2) is 0 Å². The van der Waals surface area contributed by atoms with Crippen LogP contribution in [-0.4, -0.2) is 42.0 Å². The molecule has 0 fully saturated rings. The smallest absolute Gasteiger partial charge is 0.261 e. The number of amides is 2. The predicted octanol–water partition coefficient (Wildman–Crippen LogP) is 4.76. The highest BCUT2D eigenvalue weighted by Gasteiger charge is 2.31. The fraction of sp³-hybridized carbons (Fsp3) is 0.440. The number of rotatable bonds is 9. The van der Waals surface area contributed by atoms with Gasteiger partial charge in [0, 0.05) is 17.1 Å². The summed E-state index contributed by atoms with van der Waals surface area (Å²) in [6.45, 7) is 9.57. The van der Waals surface area contributed by atoms with Gasteiger partial charge in [0.1, 0.15) is 17.5 Å². The zero-order chi connectivity index (χ0) is 23.9. The van der Waals surface area contributed by atoms with E-state index in [2.05, 4.69) is 5.32 Å². The maximum atomic E-state index is 13.3. The Morgan fingerprint density at radius 2 is 1.84 bits per heavy atom. The quantitative estimate of drug-likeness (QED) is 0.586. The fourth-order valence-corrected chi connectivity index (χ4v) is 3.39. The van der Waals surface area contributed by atoms with Crippen molar-refractivity contribution in [2.24, 2.45) is 0 Å². The van der Waals surface area contributed by atoms with E-state index in [1.54, 1.807) is 30.2 Å².